The Labute approximate surface area is 239 Å². The normalized spacial score (nSPS) is 11.9. The molecule has 40 heavy (non-hydrogen) atoms. The maximum absolute atomic E-state index is 4.72. The first-order chi connectivity index (χ1) is 19.0. The maximum atomic E-state index is 4.72. The summed E-state index contributed by atoms with van der Waals surface area (Å²) in [5, 5.41) is 10.1. The number of hydrogen-bond donors (Lipinski definition) is 3. The van der Waals surface area contributed by atoms with E-state index in [1.807, 2.05) is 69.7 Å². The highest BCUT2D eigenvalue weighted by molar-refractivity contribution is 5.88. The first-order valence-electron chi connectivity index (χ1n) is 13.2. The minimum atomic E-state index is -0.0882. The van der Waals surface area contributed by atoms with Gasteiger partial charge in [-0.2, -0.15) is 0 Å². The summed E-state index contributed by atoms with van der Waals surface area (Å²) in [6, 6.07) is 7.85. The summed E-state index contributed by atoms with van der Waals surface area (Å²) in [5.74, 6) is 0. The molecule has 206 valence electrons. The van der Waals surface area contributed by atoms with Crippen LogP contribution < -0.4 is 16.0 Å². The zero-order chi connectivity index (χ0) is 29.4. The van der Waals surface area contributed by atoms with Crippen LogP contribution >= 0.6 is 0 Å². The SMILES string of the molecule is C=C/C(=C\C(=C/C)c1cc(C(=C)C(=C)Nc2ccnc(-c3cccnc3)c2C)c(NC)cn1)NC(=C)C(C)(C)C. The Balaban J connectivity index is 1.92. The second-order valence-electron chi connectivity index (χ2n) is 10.4. The summed E-state index contributed by atoms with van der Waals surface area (Å²) >= 11 is 0. The van der Waals surface area contributed by atoms with Crippen molar-refractivity contribution in [3.8, 4) is 11.3 Å². The van der Waals surface area contributed by atoms with E-state index in [1.165, 1.54) is 0 Å². The number of hydrogen-bond acceptors (Lipinski definition) is 6. The van der Waals surface area contributed by atoms with Crippen LogP contribution in [0.4, 0.5) is 11.4 Å². The number of allylic oxidation sites excluding steroid dienone is 6. The second kappa shape index (κ2) is 12.9. The van der Waals surface area contributed by atoms with Gasteiger partial charge >= 0.3 is 0 Å². The van der Waals surface area contributed by atoms with Gasteiger partial charge in [0.15, 0.2) is 0 Å². The summed E-state index contributed by atoms with van der Waals surface area (Å²) in [4.78, 5) is 13.5. The second-order valence-corrected chi connectivity index (χ2v) is 10.4. The Morgan fingerprint density at radius 3 is 2.35 bits per heavy atom. The van der Waals surface area contributed by atoms with Crippen molar-refractivity contribution >= 4 is 22.5 Å². The predicted molar refractivity (Wildman–Crippen MR) is 171 cm³/mol. The Bertz CT molecular complexity index is 1490. The van der Waals surface area contributed by atoms with Gasteiger partial charge in [-0.25, -0.2) is 0 Å². The summed E-state index contributed by atoms with van der Waals surface area (Å²) in [6.07, 6.45) is 13.0. The van der Waals surface area contributed by atoms with E-state index in [0.717, 1.165) is 62.0 Å². The smallest absolute Gasteiger partial charge is 0.0767 e. The molecule has 3 aromatic heterocycles. The molecular weight excluding hydrogens is 492 g/mol. The molecule has 3 aromatic rings. The number of aromatic nitrogens is 3. The molecule has 0 saturated carbocycles. The molecule has 3 rings (SSSR count). The number of rotatable bonds is 11. The Hall–Kier alpha value is -4.71. The predicted octanol–water partition coefficient (Wildman–Crippen LogP) is 8.15. The number of nitrogens with zero attached hydrogens (tertiary/aromatic N) is 3. The van der Waals surface area contributed by atoms with Crippen LogP contribution in [0.1, 0.15) is 44.5 Å². The van der Waals surface area contributed by atoms with Crippen molar-refractivity contribution in [1.82, 2.24) is 20.3 Å². The highest BCUT2D eigenvalue weighted by Crippen LogP contribution is 2.33. The van der Waals surface area contributed by atoms with E-state index in [9.17, 15) is 0 Å². The number of nitrogens with one attached hydrogen (secondary N) is 3. The molecule has 0 aliphatic carbocycles. The molecule has 0 aliphatic heterocycles. The lowest BCUT2D eigenvalue weighted by atomic mass is 9.92. The molecule has 0 aliphatic rings. The van der Waals surface area contributed by atoms with E-state index in [0.29, 0.717) is 5.70 Å². The highest BCUT2D eigenvalue weighted by atomic mass is 14.9. The summed E-state index contributed by atoms with van der Waals surface area (Å²) in [6.45, 7) is 27.2. The van der Waals surface area contributed by atoms with E-state index in [-0.39, 0.29) is 5.41 Å². The van der Waals surface area contributed by atoms with Crippen molar-refractivity contribution in [2.45, 2.75) is 34.6 Å². The summed E-state index contributed by atoms with van der Waals surface area (Å²) in [5.41, 5.74) is 10.3. The molecule has 3 heterocycles. The minimum absolute atomic E-state index is 0.0882. The van der Waals surface area contributed by atoms with Crippen molar-refractivity contribution in [2.75, 3.05) is 17.7 Å². The molecular formula is C34H40N6. The molecule has 0 unspecified atom stereocenters. The van der Waals surface area contributed by atoms with Crippen LogP contribution in [-0.4, -0.2) is 22.0 Å². The molecule has 0 spiro atoms. The van der Waals surface area contributed by atoms with Crippen LogP contribution in [0.25, 0.3) is 22.4 Å². The molecule has 6 nitrogen and oxygen atoms in total. The monoisotopic (exact) mass is 532 g/mol. The number of pyridine rings is 3. The van der Waals surface area contributed by atoms with E-state index < -0.39 is 0 Å². The molecule has 0 saturated heterocycles. The molecule has 6 heteroatoms. The van der Waals surface area contributed by atoms with Gasteiger partial charge in [0.2, 0.25) is 0 Å². The molecule has 3 N–H and O–H groups in total. The average molecular weight is 533 g/mol. The number of anilines is 2. The minimum Gasteiger partial charge on any atom is -0.386 e. The van der Waals surface area contributed by atoms with E-state index >= 15 is 0 Å². The largest absolute Gasteiger partial charge is 0.386 e. The standard InChI is InChI=1S/C34H40N6/c1-11-26(18-28(12-2)40-25(6)34(7,8)9)31-19-29(32(35-10)21-38-31)22(3)24(5)39-30-15-17-37-33(23(30)4)27-14-13-16-36-20-27/h11-21,35,40H,2-3,5-6H2,1,4,7-10H3,(H,37,39)/b26-11+,28-18+. The quantitative estimate of drug-likeness (QED) is 0.216. The van der Waals surface area contributed by atoms with Crippen LogP contribution in [0.3, 0.4) is 0 Å². The average Bonchev–Trinajstić information content (AvgIpc) is 2.95. The fraction of sp³-hybridized carbons (Fsp3) is 0.206. The molecule has 0 fully saturated rings. The van der Waals surface area contributed by atoms with Gasteiger partial charge in [-0.3, -0.25) is 15.0 Å². The topological polar surface area (TPSA) is 74.8 Å². The lowest BCUT2D eigenvalue weighted by molar-refractivity contribution is 0.478. The third-order valence-electron chi connectivity index (χ3n) is 6.63. The zero-order valence-electron chi connectivity index (χ0n) is 24.5. The Morgan fingerprint density at radius 2 is 1.75 bits per heavy atom. The van der Waals surface area contributed by atoms with Gasteiger partial charge in [0.1, 0.15) is 0 Å². The highest BCUT2D eigenvalue weighted by Gasteiger charge is 2.17. The fourth-order valence-electron chi connectivity index (χ4n) is 3.91. The van der Waals surface area contributed by atoms with E-state index in [2.05, 4.69) is 73.0 Å². The lowest BCUT2D eigenvalue weighted by Crippen LogP contribution is -2.22. The van der Waals surface area contributed by atoms with E-state index in [4.69, 9.17) is 4.98 Å². The van der Waals surface area contributed by atoms with Crippen molar-refractivity contribution < 1.29 is 0 Å². The summed E-state index contributed by atoms with van der Waals surface area (Å²) < 4.78 is 0. The molecule has 0 atom stereocenters. The van der Waals surface area contributed by atoms with Crippen molar-refractivity contribution in [1.29, 1.82) is 0 Å². The third-order valence-corrected chi connectivity index (χ3v) is 6.63. The molecule has 0 amide bonds. The maximum Gasteiger partial charge on any atom is 0.0767 e. The van der Waals surface area contributed by atoms with Gasteiger partial charge < -0.3 is 16.0 Å². The zero-order valence-corrected chi connectivity index (χ0v) is 24.5. The summed E-state index contributed by atoms with van der Waals surface area (Å²) in [7, 11) is 1.87. The van der Waals surface area contributed by atoms with Gasteiger partial charge in [0.25, 0.3) is 0 Å². The Kier molecular flexibility index (Phi) is 9.62. The third kappa shape index (κ3) is 7.03. The van der Waals surface area contributed by atoms with Gasteiger partial charge in [-0.1, -0.05) is 53.2 Å². The van der Waals surface area contributed by atoms with Crippen molar-refractivity contribution in [3.63, 3.8) is 0 Å². The van der Waals surface area contributed by atoms with Gasteiger partial charge in [-0.15, -0.1) is 0 Å². The molecule has 0 radical (unpaired) electrons. The van der Waals surface area contributed by atoms with Gasteiger partial charge in [0, 0.05) is 65.0 Å². The Morgan fingerprint density at radius 1 is 1.00 bits per heavy atom. The first kappa shape index (κ1) is 29.8. The van der Waals surface area contributed by atoms with Crippen LogP contribution in [0.2, 0.25) is 0 Å². The molecule has 0 bridgehead atoms. The fourth-order valence-corrected chi connectivity index (χ4v) is 3.91. The lowest BCUT2D eigenvalue weighted by Gasteiger charge is -2.24. The van der Waals surface area contributed by atoms with E-state index in [1.54, 1.807) is 18.5 Å². The van der Waals surface area contributed by atoms with Gasteiger partial charge in [-0.05, 0) is 67.0 Å². The molecule has 0 aromatic carbocycles. The van der Waals surface area contributed by atoms with Crippen LogP contribution in [0.5, 0.6) is 0 Å². The van der Waals surface area contributed by atoms with Crippen LogP contribution in [-0.2, 0) is 0 Å². The van der Waals surface area contributed by atoms with Crippen molar-refractivity contribution in [3.05, 3.63) is 128 Å². The first-order valence-corrected chi connectivity index (χ1v) is 13.2. The van der Waals surface area contributed by atoms with Crippen LogP contribution in [0.15, 0.2) is 111 Å². The van der Waals surface area contributed by atoms with Gasteiger partial charge in [0.05, 0.1) is 23.3 Å². The van der Waals surface area contributed by atoms with Crippen LogP contribution in [0, 0.1) is 12.3 Å². The van der Waals surface area contributed by atoms with Crippen molar-refractivity contribution in [2.24, 2.45) is 5.41 Å².